The fourth-order valence-electron chi connectivity index (χ4n) is 6.51. The highest BCUT2D eigenvalue weighted by molar-refractivity contribution is 9.10. The van der Waals surface area contributed by atoms with Crippen LogP contribution in [0.3, 0.4) is 0 Å². The summed E-state index contributed by atoms with van der Waals surface area (Å²) in [5.41, 5.74) is 4.66. The SMILES string of the molecule is COCCN1C2=C(C(=O)CC(C)(C)C2)C(c2ccc(OCC(=O)Nc3ccccc3)c(Br)c2)C2=C1CC(C)(C)CC2=O. The Morgan fingerprint density at radius 3 is 2.07 bits per heavy atom. The van der Waals surface area contributed by atoms with Crippen LogP contribution in [0.25, 0.3) is 0 Å². The van der Waals surface area contributed by atoms with E-state index in [1.807, 2.05) is 48.5 Å². The van der Waals surface area contributed by atoms with E-state index in [1.54, 1.807) is 7.11 Å². The Bertz CT molecular complexity index is 1420. The van der Waals surface area contributed by atoms with Gasteiger partial charge in [0.2, 0.25) is 0 Å². The molecule has 2 aromatic rings. The maximum absolute atomic E-state index is 13.9. The summed E-state index contributed by atoms with van der Waals surface area (Å²) < 4.78 is 12.0. The van der Waals surface area contributed by atoms with E-state index in [1.165, 1.54) is 0 Å². The number of carbonyl (C=O) groups is 3. The third-order valence-electron chi connectivity index (χ3n) is 8.25. The molecule has 0 radical (unpaired) electrons. The van der Waals surface area contributed by atoms with Crippen LogP contribution in [-0.2, 0) is 19.1 Å². The van der Waals surface area contributed by atoms with Gasteiger partial charge in [-0.2, -0.15) is 0 Å². The molecule has 0 bridgehead atoms. The van der Waals surface area contributed by atoms with Gasteiger partial charge in [0.25, 0.3) is 5.91 Å². The van der Waals surface area contributed by atoms with Crippen molar-refractivity contribution in [3.05, 3.63) is 81.1 Å². The van der Waals surface area contributed by atoms with Gasteiger partial charge in [-0.05, 0) is 69.4 Å². The molecular formula is C34H39BrN2O5. The van der Waals surface area contributed by atoms with Gasteiger partial charge in [0, 0.05) is 60.6 Å². The fourth-order valence-corrected chi connectivity index (χ4v) is 7.02. The first-order valence-electron chi connectivity index (χ1n) is 14.5. The molecule has 1 heterocycles. The molecule has 2 aliphatic carbocycles. The van der Waals surface area contributed by atoms with E-state index in [0.717, 1.165) is 40.9 Å². The first kappa shape index (κ1) is 30.2. The van der Waals surface area contributed by atoms with Gasteiger partial charge in [-0.1, -0.05) is 52.0 Å². The summed E-state index contributed by atoms with van der Waals surface area (Å²) in [6.07, 6.45) is 2.36. The van der Waals surface area contributed by atoms with Gasteiger partial charge >= 0.3 is 0 Å². The predicted molar refractivity (Wildman–Crippen MR) is 166 cm³/mol. The number of nitrogens with one attached hydrogen (secondary N) is 1. The van der Waals surface area contributed by atoms with Crippen molar-refractivity contribution in [2.45, 2.75) is 59.3 Å². The normalized spacial score (nSPS) is 19.9. The van der Waals surface area contributed by atoms with Gasteiger partial charge in [0.15, 0.2) is 18.2 Å². The van der Waals surface area contributed by atoms with Crippen LogP contribution in [0, 0.1) is 10.8 Å². The van der Waals surface area contributed by atoms with E-state index in [-0.39, 0.29) is 34.9 Å². The van der Waals surface area contributed by atoms with Crippen LogP contribution >= 0.6 is 15.9 Å². The third kappa shape index (κ3) is 6.25. The van der Waals surface area contributed by atoms with Crippen molar-refractivity contribution < 1.29 is 23.9 Å². The lowest BCUT2D eigenvalue weighted by Crippen LogP contribution is -2.45. The molecule has 1 aliphatic heterocycles. The highest BCUT2D eigenvalue weighted by Crippen LogP contribution is 2.54. The lowest BCUT2D eigenvalue weighted by molar-refractivity contribution is -0.120. The number of halogens is 1. The molecule has 5 rings (SSSR count). The summed E-state index contributed by atoms with van der Waals surface area (Å²) in [5, 5.41) is 2.82. The van der Waals surface area contributed by atoms with Gasteiger partial charge < -0.3 is 19.7 Å². The average Bonchev–Trinajstić information content (AvgIpc) is 2.90. The van der Waals surface area contributed by atoms with Crippen molar-refractivity contribution in [3.8, 4) is 5.75 Å². The van der Waals surface area contributed by atoms with Gasteiger partial charge in [0.05, 0.1) is 11.1 Å². The van der Waals surface area contributed by atoms with Crippen LogP contribution in [0.1, 0.15) is 64.9 Å². The highest BCUT2D eigenvalue weighted by Gasteiger charge is 2.48. The summed E-state index contributed by atoms with van der Waals surface area (Å²) in [6.45, 7) is 9.47. The van der Waals surface area contributed by atoms with E-state index in [2.05, 4.69) is 53.8 Å². The standard InChI is InChI=1S/C34H39BrN2O5/c1-33(2)16-24-31(26(38)18-33)30(32-25(37(24)13-14-41-5)17-34(3,4)19-27(32)39)21-11-12-28(23(35)15-21)42-20-29(40)36-22-9-7-6-8-10-22/h6-12,15,30H,13-14,16-20H2,1-5H3,(H,36,40). The molecule has 7 nitrogen and oxygen atoms in total. The average molecular weight is 636 g/mol. The van der Waals surface area contributed by atoms with Crippen LogP contribution < -0.4 is 10.1 Å². The number of rotatable bonds is 8. The topological polar surface area (TPSA) is 84.9 Å². The number of amides is 1. The monoisotopic (exact) mass is 634 g/mol. The summed E-state index contributed by atoms with van der Waals surface area (Å²) in [5.74, 6) is -0.0300. The molecule has 8 heteroatoms. The Morgan fingerprint density at radius 2 is 1.52 bits per heavy atom. The van der Waals surface area contributed by atoms with Gasteiger partial charge in [-0.3, -0.25) is 14.4 Å². The number of benzene rings is 2. The molecule has 3 aliphatic rings. The maximum atomic E-state index is 13.9. The van der Waals surface area contributed by atoms with Gasteiger partial charge in [0.1, 0.15) is 5.75 Å². The number of hydrogen-bond donors (Lipinski definition) is 1. The third-order valence-corrected chi connectivity index (χ3v) is 8.87. The number of ether oxygens (including phenoxy) is 2. The molecule has 0 atom stereocenters. The molecule has 42 heavy (non-hydrogen) atoms. The first-order valence-corrected chi connectivity index (χ1v) is 15.2. The molecule has 2 aromatic carbocycles. The Hall–Kier alpha value is -3.23. The summed E-state index contributed by atoms with van der Waals surface area (Å²) >= 11 is 3.63. The molecule has 0 unspecified atom stereocenters. The highest BCUT2D eigenvalue weighted by atomic mass is 79.9. The molecule has 1 N–H and O–H groups in total. The molecule has 1 amide bonds. The number of nitrogens with zero attached hydrogens (tertiary/aromatic N) is 1. The van der Waals surface area contributed by atoms with Crippen LogP contribution in [0.2, 0.25) is 0 Å². The number of para-hydroxylation sites is 1. The van der Waals surface area contributed by atoms with Gasteiger partial charge in [-0.15, -0.1) is 0 Å². The number of Topliss-reactive ketones (excluding diaryl/α,β-unsaturated/α-hetero) is 2. The first-order chi connectivity index (χ1) is 19.9. The maximum Gasteiger partial charge on any atom is 0.262 e. The Balaban J connectivity index is 1.51. The number of anilines is 1. The van der Waals surface area contributed by atoms with Crippen LogP contribution in [0.5, 0.6) is 5.75 Å². The molecule has 0 fully saturated rings. The predicted octanol–water partition coefficient (Wildman–Crippen LogP) is 6.80. The smallest absolute Gasteiger partial charge is 0.262 e. The molecule has 0 saturated heterocycles. The van der Waals surface area contributed by atoms with Crippen molar-refractivity contribution in [2.75, 3.05) is 32.2 Å². The summed E-state index contributed by atoms with van der Waals surface area (Å²) in [7, 11) is 1.68. The Labute approximate surface area is 256 Å². The number of allylic oxidation sites excluding steroid dienone is 4. The van der Waals surface area contributed by atoms with E-state index in [0.29, 0.717) is 41.9 Å². The lowest BCUT2D eigenvalue weighted by atomic mass is 9.63. The largest absolute Gasteiger partial charge is 0.483 e. The van der Waals surface area contributed by atoms with Crippen LogP contribution in [0.15, 0.2) is 75.5 Å². The zero-order chi connectivity index (χ0) is 30.2. The number of hydrogen-bond acceptors (Lipinski definition) is 6. The Kier molecular flexibility index (Phi) is 8.50. The minimum Gasteiger partial charge on any atom is -0.483 e. The summed E-state index contributed by atoms with van der Waals surface area (Å²) in [4.78, 5) is 42.5. The lowest BCUT2D eigenvalue weighted by Gasteiger charge is -2.49. The molecule has 0 saturated carbocycles. The molecule has 0 spiro atoms. The second-order valence-corrected chi connectivity index (χ2v) is 13.9. The summed E-state index contributed by atoms with van der Waals surface area (Å²) in [6, 6.07) is 14.9. The van der Waals surface area contributed by atoms with Crippen molar-refractivity contribution in [3.63, 3.8) is 0 Å². The van der Waals surface area contributed by atoms with Crippen LogP contribution in [0.4, 0.5) is 5.69 Å². The van der Waals surface area contributed by atoms with Crippen molar-refractivity contribution in [2.24, 2.45) is 10.8 Å². The minimum absolute atomic E-state index is 0.0897. The second-order valence-electron chi connectivity index (χ2n) is 13.1. The van der Waals surface area contributed by atoms with Gasteiger partial charge in [-0.25, -0.2) is 0 Å². The minimum atomic E-state index is -0.451. The number of carbonyl (C=O) groups excluding carboxylic acids is 3. The Morgan fingerprint density at radius 1 is 0.929 bits per heavy atom. The van der Waals surface area contributed by atoms with Crippen molar-refractivity contribution >= 4 is 39.1 Å². The molecule has 222 valence electrons. The quantitative estimate of drug-likeness (QED) is 0.344. The molecular weight excluding hydrogens is 596 g/mol. The number of methoxy groups -OCH3 is 1. The number of ketones is 2. The van der Waals surface area contributed by atoms with E-state index in [9.17, 15) is 14.4 Å². The molecule has 0 aromatic heterocycles. The van der Waals surface area contributed by atoms with Crippen molar-refractivity contribution in [1.82, 2.24) is 4.90 Å². The zero-order valence-corrected chi connectivity index (χ0v) is 26.6. The van der Waals surface area contributed by atoms with Crippen LogP contribution in [-0.4, -0.2) is 49.2 Å². The van der Waals surface area contributed by atoms with E-state index < -0.39 is 5.92 Å². The zero-order valence-electron chi connectivity index (χ0n) is 25.0. The van der Waals surface area contributed by atoms with E-state index in [4.69, 9.17) is 9.47 Å². The fraction of sp³-hybridized carbons (Fsp3) is 0.441. The van der Waals surface area contributed by atoms with Crippen molar-refractivity contribution in [1.29, 1.82) is 0 Å². The van der Waals surface area contributed by atoms with E-state index >= 15 is 0 Å². The second kappa shape index (κ2) is 11.8.